The van der Waals surface area contributed by atoms with E-state index in [1.54, 1.807) is 0 Å². The summed E-state index contributed by atoms with van der Waals surface area (Å²) in [5.74, 6) is 1.09. The van der Waals surface area contributed by atoms with Gasteiger partial charge in [0, 0.05) is 13.1 Å². The van der Waals surface area contributed by atoms with E-state index in [0.29, 0.717) is 0 Å². The van der Waals surface area contributed by atoms with Gasteiger partial charge in [0.15, 0.2) is 5.96 Å². The van der Waals surface area contributed by atoms with Crippen LogP contribution in [0.5, 0.6) is 0 Å². The zero-order chi connectivity index (χ0) is 11.5. The largest absolute Gasteiger partial charge is 0.370 e. The standard InChI is InChI=1S/C11H17N5/c1-8-9(15-11(12)13)4-5-10(14-8)16-6-2-3-7-16/h4-5H,2-3,6-7H2,1H3,(H4,12,13,15). The molecular weight excluding hydrogens is 202 g/mol. The van der Waals surface area contributed by atoms with Gasteiger partial charge in [-0.2, -0.15) is 0 Å². The van der Waals surface area contributed by atoms with Crippen LogP contribution in [0.15, 0.2) is 17.1 Å². The fraction of sp³-hybridized carbons (Fsp3) is 0.455. The third-order valence-corrected chi connectivity index (χ3v) is 2.72. The summed E-state index contributed by atoms with van der Waals surface area (Å²) in [5, 5.41) is 0. The van der Waals surface area contributed by atoms with Gasteiger partial charge in [0.25, 0.3) is 0 Å². The van der Waals surface area contributed by atoms with Crippen LogP contribution in [0, 0.1) is 6.92 Å². The molecular formula is C11H17N5. The lowest BCUT2D eigenvalue weighted by Gasteiger charge is -2.16. The van der Waals surface area contributed by atoms with Crippen molar-refractivity contribution >= 4 is 17.5 Å². The first kappa shape index (κ1) is 10.7. The molecule has 1 fully saturated rings. The zero-order valence-electron chi connectivity index (χ0n) is 9.48. The van der Waals surface area contributed by atoms with Gasteiger partial charge >= 0.3 is 0 Å². The van der Waals surface area contributed by atoms with Crippen LogP contribution in [-0.4, -0.2) is 24.0 Å². The molecule has 86 valence electrons. The van der Waals surface area contributed by atoms with E-state index in [4.69, 9.17) is 11.5 Å². The fourth-order valence-corrected chi connectivity index (χ4v) is 1.92. The smallest absolute Gasteiger partial charge is 0.191 e. The van der Waals surface area contributed by atoms with Gasteiger partial charge in [0.1, 0.15) is 5.82 Å². The van der Waals surface area contributed by atoms with Crippen LogP contribution in [0.1, 0.15) is 18.5 Å². The minimum atomic E-state index is 0.0684. The summed E-state index contributed by atoms with van der Waals surface area (Å²) < 4.78 is 0. The second-order valence-electron chi connectivity index (χ2n) is 4.00. The third-order valence-electron chi connectivity index (χ3n) is 2.72. The number of aromatic nitrogens is 1. The first-order valence-corrected chi connectivity index (χ1v) is 5.49. The Balaban J connectivity index is 2.25. The van der Waals surface area contributed by atoms with Crippen LogP contribution in [0.3, 0.4) is 0 Å². The maximum Gasteiger partial charge on any atom is 0.191 e. The Morgan fingerprint density at radius 1 is 1.31 bits per heavy atom. The Morgan fingerprint density at radius 3 is 2.56 bits per heavy atom. The van der Waals surface area contributed by atoms with Crippen molar-refractivity contribution in [2.75, 3.05) is 18.0 Å². The molecule has 1 aliphatic heterocycles. The van der Waals surface area contributed by atoms with Crippen molar-refractivity contribution in [3.8, 4) is 0 Å². The molecule has 0 aliphatic carbocycles. The van der Waals surface area contributed by atoms with Crippen molar-refractivity contribution < 1.29 is 0 Å². The third kappa shape index (κ3) is 2.24. The van der Waals surface area contributed by atoms with Crippen molar-refractivity contribution in [3.63, 3.8) is 0 Å². The highest BCUT2D eigenvalue weighted by atomic mass is 15.2. The Morgan fingerprint density at radius 2 is 2.00 bits per heavy atom. The molecule has 1 aliphatic rings. The maximum atomic E-state index is 5.34. The molecule has 0 saturated carbocycles. The van der Waals surface area contributed by atoms with Gasteiger partial charge in [-0.15, -0.1) is 0 Å². The summed E-state index contributed by atoms with van der Waals surface area (Å²) >= 11 is 0. The number of rotatable bonds is 2. The molecule has 1 aromatic rings. The number of hydrogen-bond donors (Lipinski definition) is 2. The molecule has 16 heavy (non-hydrogen) atoms. The van der Waals surface area contributed by atoms with Gasteiger partial charge in [-0.1, -0.05) is 0 Å². The molecule has 0 atom stereocenters. The molecule has 0 unspecified atom stereocenters. The molecule has 0 aromatic carbocycles. The van der Waals surface area contributed by atoms with E-state index in [-0.39, 0.29) is 5.96 Å². The van der Waals surface area contributed by atoms with E-state index in [0.717, 1.165) is 30.3 Å². The topological polar surface area (TPSA) is 80.5 Å². The lowest BCUT2D eigenvalue weighted by atomic mass is 10.3. The summed E-state index contributed by atoms with van der Waals surface area (Å²) in [6.45, 7) is 4.10. The zero-order valence-corrected chi connectivity index (χ0v) is 9.48. The lowest BCUT2D eigenvalue weighted by molar-refractivity contribution is 0.929. The summed E-state index contributed by atoms with van der Waals surface area (Å²) in [7, 11) is 0. The Hall–Kier alpha value is -1.78. The molecule has 1 aromatic heterocycles. The van der Waals surface area contributed by atoms with E-state index in [1.807, 2.05) is 19.1 Å². The predicted octanol–water partition coefficient (Wildman–Crippen LogP) is 0.895. The number of guanidine groups is 1. The first-order valence-electron chi connectivity index (χ1n) is 5.49. The monoisotopic (exact) mass is 219 g/mol. The normalized spacial score (nSPS) is 15.2. The van der Waals surface area contributed by atoms with Crippen molar-refractivity contribution in [1.82, 2.24) is 4.98 Å². The number of aryl methyl sites for hydroxylation is 1. The fourth-order valence-electron chi connectivity index (χ4n) is 1.92. The number of nitrogens with two attached hydrogens (primary N) is 2. The summed E-state index contributed by atoms with van der Waals surface area (Å²) in [6.07, 6.45) is 2.49. The van der Waals surface area contributed by atoms with E-state index < -0.39 is 0 Å². The molecule has 2 heterocycles. The first-order chi connectivity index (χ1) is 7.66. The van der Waals surface area contributed by atoms with E-state index in [2.05, 4.69) is 14.9 Å². The summed E-state index contributed by atoms with van der Waals surface area (Å²) in [5.41, 5.74) is 12.3. The van der Waals surface area contributed by atoms with E-state index in [9.17, 15) is 0 Å². The number of nitrogens with zero attached hydrogens (tertiary/aromatic N) is 3. The summed E-state index contributed by atoms with van der Waals surface area (Å²) in [4.78, 5) is 10.8. The van der Waals surface area contributed by atoms with Crippen LogP contribution in [0.25, 0.3) is 0 Å². The number of hydrogen-bond acceptors (Lipinski definition) is 3. The molecule has 5 heteroatoms. The molecule has 0 spiro atoms. The van der Waals surface area contributed by atoms with Gasteiger partial charge < -0.3 is 16.4 Å². The minimum Gasteiger partial charge on any atom is -0.370 e. The average Bonchev–Trinajstić information content (AvgIpc) is 2.73. The van der Waals surface area contributed by atoms with Crippen LogP contribution >= 0.6 is 0 Å². The van der Waals surface area contributed by atoms with Crippen molar-refractivity contribution in [3.05, 3.63) is 17.8 Å². The maximum absolute atomic E-state index is 5.34. The highest BCUT2D eigenvalue weighted by molar-refractivity contribution is 5.79. The van der Waals surface area contributed by atoms with Crippen LogP contribution in [0.4, 0.5) is 11.5 Å². The van der Waals surface area contributed by atoms with Gasteiger partial charge in [-0.25, -0.2) is 9.98 Å². The SMILES string of the molecule is Cc1nc(N2CCCC2)ccc1N=C(N)N. The van der Waals surface area contributed by atoms with Crippen LogP contribution in [0.2, 0.25) is 0 Å². The quantitative estimate of drug-likeness (QED) is 0.572. The van der Waals surface area contributed by atoms with Crippen molar-refractivity contribution in [2.24, 2.45) is 16.5 Å². The Labute approximate surface area is 95.2 Å². The highest BCUT2D eigenvalue weighted by Crippen LogP contribution is 2.23. The van der Waals surface area contributed by atoms with E-state index in [1.165, 1.54) is 12.8 Å². The molecule has 5 nitrogen and oxygen atoms in total. The van der Waals surface area contributed by atoms with Gasteiger partial charge in [-0.05, 0) is 31.9 Å². The average molecular weight is 219 g/mol. The Kier molecular flexibility index (Phi) is 2.94. The molecule has 0 radical (unpaired) electrons. The molecule has 2 rings (SSSR count). The highest BCUT2D eigenvalue weighted by Gasteiger charge is 2.14. The van der Waals surface area contributed by atoms with Gasteiger partial charge in [-0.3, -0.25) is 0 Å². The number of aliphatic imine (C=N–C) groups is 1. The summed E-state index contributed by atoms with van der Waals surface area (Å²) in [6, 6.07) is 3.88. The van der Waals surface area contributed by atoms with E-state index >= 15 is 0 Å². The second-order valence-corrected chi connectivity index (χ2v) is 4.00. The van der Waals surface area contributed by atoms with Gasteiger partial charge in [0.05, 0.1) is 11.4 Å². The van der Waals surface area contributed by atoms with Gasteiger partial charge in [0.2, 0.25) is 0 Å². The predicted molar refractivity (Wildman–Crippen MR) is 65.9 cm³/mol. The van der Waals surface area contributed by atoms with Crippen LogP contribution in [-0.2, 0) is 0 Å². The second kappa shape index (κ2) is 4.38. The molecule has 0 bridgehead atoms. The van der Waals surface area contributed by atoms with Crippen molar-refractivity contribution in [1.29, 1.82) is 0 Å². The minimum absolute atomic E-state index is 0.0684. The Bertz CT molecular complexity index is 403. The van der Waals surface area contributed by atoms with Crippen LogP contribution < -0.4 is 16.4 Å². The number of pyridine rings is 1. The van der Waals surface area contributed by atoms with Crippen molar-refractivity contribution in [2.45, 2.75) is 19.8 Å². The lowest BCUT2D eigenvalue weighted by Crippen LogP contribution is -2.22. The molecule has 0 amide bonds. The number of anilines is 1. The molecule has 1 saturated heterocycles. The molecule has 4 N–H and O–H groups in total.